The highest BCUT2D eigenvalue weighted by atomic mass is 16.4. The molecule has 18 heteroatoms. The molecule has 0 aliphatic carbocycles. The molecule has 0 saturated carbocycles. The van der Waals surface area contributed by atoms with E-state index in [1.807, 2.05) is 0 Å². The van der Waals surface area contributed by atoms with E-state index in [4.69, 9.17) is 34.4 Å². The zero-order valence-electron chi connectivity index (χ0n) is 28.0. The van der Waals surface area contributed by atoms with E-state index in [0.29, 0.717) is 56.6 Å². The molecule has 0 radical (unpaired) electrons. The van der Waals surface area contributed by atoms with Gasteiger partial charge in [-0.1, -0.05) is 18.6 Å². The molecule has 2 aromatic carbocycles. The molecular weight excluding hydrogens is 646 g/mol. The lowest BCUT2D eigenvalue weighted by Gasteiger charge is -2.20. The van der Waals surface area contributed by atoms with Crippen LogP contribution in [0.1, 0.15) is 60.9 Å². The minimum absolute atomic E-state index is 0.0559. The van der Waals surface area contributed by atoms with E-state index in [-0.39, 0.29) is 42.9 Å². The molecular formula is C32H49N13O5. The smallest absolute Gasteiger partial charge is 0.326 e. The second kappa shape index (κ2) is 22.1. The van der Waals surface area contributed by atoms with Gasteiger partial charge in [0.1, 0.15) is 12.1 Å². The van der Waals surface area contributed by atoms with Crippen molar-refractivity contribution in [2.45, 2.75) is 69.6 Å². The van der Waals surface area contributed by atoms with Gasteiger partial charge in [-0.15, -0.1) is 0 Å². The van der Waals surface area contributed by atoms with Gasteiger partial charge in [-0.05, 0) is 87.0 Å². The number of aliphatic carboxylic acids is 1. The van der Waals surface area contributed by atoms with Crippen LogP contribution in [-0.2, 0) is 20.9 Å². The Morgan fingerprint density at radius 1 is 0.680 bits per heavy atom. The lowest BCUT2D eigenvalue weighted by atomic mass is 10.1. The number of carbonyl (C=O) groups excluding carboxylic acids is 3. The number of hydrogen-bond acceptors (Lipinski definition) is 10. The topological polar surface area (TPSA) is 330 Å². The molecule has 0 unspecified atom stereocenters. The Hall–Kier alpha value is -5.62. The molecule has 2 rings (SSSR count). The first kappa shape index (κ1) is 40.6. The number of azo groups is 1. The molecule has 0 heterocycles. The van der Waals surface area contributed by atoms with Crippen molar-refractivity contribution >= 4 is 47.0 Å². The number of hydrogen-bond donors (Lipinski definition) is 10. The van der Waals surface area contributed by atoms with Crippen LogP contribution in [-0.4, -0.2) is 78.5 Å². The number of nitrogens with two attached hydrogens (primary N) is 6. The molecule has 0 aliphatic heterocycles. The SMILES string of the molecule is NCCCC[C@H](N)C(=O)N[C@H](CCCN=C(N)N)C(=O)NCc1ccc(N=Nc2ccc(C(=O)N[C@H](CCCN=C(N)N)C(=O)O)cc2)cc1. The summed E-state index contributed by atoms with van der Waals surface area (Å²) >= 11 is 0. The highest BCUT2D eigenvalue weighted by molar-refractivity contribution is 5.96. The van der Waals surface area contributed by atoms with Gasteiger partial charge in [-0.25, -0.2) is 4.79 Å². The maximum atomic E-state index is 13.0. The zero-order valence-corrected chi connectivity index (χ0v) is 28.0. The van der Waals surface area contributed by atoms with Gasteiger partial charge in [0.2, 0.25) is 11.8 Å². The van der Waals surface area contributed by atoms with Crippen LogP contribution in [0, 0.1) is 0 Å². The number of carboxylic acid groups (broad SMARTS) is 1. The van der Waals surface area contributed by atoms with E-state index in [1.165, 1.54) is 12.1 Å². The molecule has 18 nitrogen and oxygen atoms in total. The lowest BCUT2D eigenvalue weighted by Crippen LogP contribution is -2.51. The maximum Gasteiger partial charge on any atom is 0.326 e. The van der Waals surface area contributed by atoms with Gasteiger partial charge in [0, 0.05) is 25.2 Å². The predicted octanol–water partition coefficient (Wildman–Crippen LogP) is -0.0505. The molecule has 16 N–H and O–H groups in total. The summed E-state index contributed by atoms with van der Waals surface area (Å²) in [5.41, 5.74) is 34.9. The number of nitrogens with zero attached hydrogens (tertiary/aromatic N) is 4. The molecule has 2 aromatic rings. The van der Waals surface area contributed by atoms with Gasteiger partial charge in [0.05, 0.1) is 17.4 Å². The fourth-order valence-corrected chi connectivity index (χ4v) is 4.48. The fraction of sp³-hybridized carbons (Fsp3) is 0.438. The number of carboxylic acids is 1. The van der Waals surface area contributed by atoms with Crippen molar-refractivity contribution < 1.29 is 24.3 Å². The molecule has 0 fully saturated rings. The Balaban J connectivity index is 1.93. The zero-order chi connectivity index (χ0) is 36.9. The third-order valence-corrected chi connectivity index (χ3v) is 7.25. The summed E-state index contributed by atoms with van der Waals surface area (Å²) in [4.78, 5) is 57.6. The van der Waals surface area contributed by atoms with Gasteiger partial charge >= 0.3 is 5.97 Å². The molecule has 3 atom stereocenters. The summed E-state index contributed by atoms with van der Waals surface area (Å²) in [5, 5.41) is 25.9. The second-order valence-electron chi connectivity index (χ2n) is 11.3. The first-order valence-corrected chi connectivity index (χ1v) is 16.2. The highest BCUT2D eigenvalue weighted by Crippen LogP contribution is 2.19. The molecule has 0 spiro atoms. The van der Waals surface area contributed by atoms with E-state index >= 15 is 0 Å². The van der Waals surface area contributed by atoms with Crippen molar-refractivity contribution in [2.24, 2.45) is 54.6 Å². The van der Waals surface area contributed by atoms with Crippen molar-refractivity contribution in [1.82, 2.24) is 16.0 Å². The van der Waals surface area contributed by atoms with Crippen molar-refractivity contribution in [1.29, 1.82) is 0 Å². The van der Waals surface area contributed by atoms with Crippen molar-refractivity contribution in [3.8, 4) is 0 Å². The molecule has 0 bridgehead atoms. The number of carbonyl (C=O) groups is 4. The number of unbranched alkanes of at least 4 members (excludes halogenated alkanes) is 1. The molecule has 3 amide bonds. The molecule has 272 valence electrons. The van der Waals surface area contributed by atoms with Gasteiger partial charge < -0.3 is 55.5 Å². The van der Waals surface area contributed by atoms with E-state index in [2.05, 4.69) is 36.2 Å². The lowest BCUT2D eigenvalue weighted by molar-refractivity contribution is -0.139. The predicted molar refractivity (Wildman–Crippen MR) is 190 cm³/mol. The summed E-state index contributed by atoms with van der Waals surface area (Å²) in [6, 6.07) is 10.5. The third-order valence-electron chi connectivity index (χ3n) is 7.25. The van der Waals surface area contributed by atoms with Crippen LogP contribution in [0.15, 0.2) is 68.7 Å². The van der Waals surface area contributed by atoms with E-state index < -0.39 is 35.9 Å². The standard InChI is InChI=1S/C32H49N13O5/c33-16-2-1-5-24(34)28(47)42-25(6-3-17-39-31(35)36)29(48)41-19-20-8-12-22(13-9-20)44-45-23-14-10-21(11-15-23)27(46)43-26(30(49)50)7-4-18-40-32(37)38/h8-15,24-26H,1-7,16-19,33-34H2,(H,41,48)(H,42,47)(H,43,46)(H,49,50)(H4,35,36,39)(H4,37,38,40)/t24-,25+,26+/m0/s1. The third kappa shape index (κ3) is 16.0. The van der Waals surface area contributed by atoms with Gasteiger partial charge in [0.25, 0.3) is 5.91 Å². The Bertz CT molecular complexity index is 1470. The first-order valence-electron chi connectivity index (χ1n) is 16.2. The van der Waals surface area contributed by atoms with Crippen LogP contribution in [0.3, 0.4) is 0 Å². The van der Waals surface area contributed by atoms with Crippen molar-refractivity contribution in [2.75, 3.05) is 19.6 Å². The number of amides is 3. The Labute approximate surface area is 290 Å². The number of nitrogens with one attached hydrogen (secondary N) is 3. The monoisotopic (exact) mass is 695 g/mol. The average Bonchev–Trinajstić information content (AvgIpc) is 3.09. The van der Waals surface area contributed by atoms with Crippen LogP contribution in [0.5, 0.6) is 0 Å². The van der Waals surface area contributed by atoms with E-state index in [0.717, 1.165) is 12.0 Å². The van der Waals surface area contributed by atoms with Crippen LogP contribution in [0.25, 0.3) is 0 Å². The summed E-state index contributed by atoms with van der Waals surface area (Å²) in [5.74, 6) is -2.65. The molecule has 50 heavy (non-hydrogen) atoms. The van der Waals surface area contributed by atoms with Crippen LogP contribution in [0.4, 0.5) is 11.4 Å². The van der Waals surface area contributed by atoms with Crippen LogP contribution < -0.4 is 50.4 Å². The average molecular weight is 696 g/mol. The summed E-state index contributed by atoms with van der Waals surface area (Å²) in [6.45, 7) is 1.26. The number of rotatable bonds is 22. The Morgan fingerprint density at radius 2 is 1.22 bits per heavy atom. The second-order valence-corrected chi connectivity index (χ2v) is 11.3. The largest absolute Gasteiger partial charge is 0.480 e. The maximum absolute atomic E-state index is 13.0. The van der Waals surface area contributed by atoms with Crippen LogP contribution >= 0.6 is 0 Å². The number of guanidine groups is 2. The van der Waals surface area contributed by atoms with Gasteiger partial charge in [0.15, 0.2) is 11.9 Å². The first-order chi connectivity index (χ1) is 23.9. The van der Waals surface area contributed by atoms with Crippen molar-refractivity contribution in [3.63, 3.8) is 0 Å². The normalized spacial score (nSPS) is 12.7. The molecule has 0 aromatic heterocycles. The minimum atomic E-state index is -1.17. The highest BCUT2D eigenvalue weighted by Gasteiger charge is 2.23. The Morgan fingerprint density at radius 3 is 1.74 bits per heavy atom. The minimum Gasteiger partial charge on any atom is -0.480 e. The number of aliphatic imine (C=N–C) groups is 2. The summed E-state index contributed by atoms with van der Waals surface area (Å²) < 4.78 is 0. The fourth-order valence-electron chi connectivity index (χ4n) is 4.48. The number of benzene rings is 2. The van der Waals surface area contributed by atoms with E-state index in [9.17, 15) is 24.3 Å². The van der Waals surface area contributed by atoms with Gasteiger partial charge in [-0.2, -0.15) is 10.2 Å². The summed E-state index contributed by atoms with van der Waals surface area (Å²) in [6.07, 6.45) is 3.20. The van der Waals surface area contributed by atoms with E-state index in [1.54, 1.807) is 36.4 Å². The van der Waals surface area contributed by atoms with Crippen molar-refractivity contribution in [3.05, 3.63) is 59.7 Å². The summed E-state index contributed by atoms with van der Waals surface area (Å²) in [7, 11) is 0. The molecule has 0 aliphatic rings. The Kier molecular flexibility index (Phi) is 17.9. The quantitative estimate of drug-likeness (QED) is 0.0337. The van der Waals surface area contributed by atoms with Crippen LogP contribution in [0.2, 0.25) is 0 Å². The molecule has 0 saturated heterocycles. The van der Waals surface area contributed by atoms with Gasteiger partial charge in [-0.3, -0.25) is 24.4 Å².